The van der Waals surface area contributed by atoms with Crippen molar-refractivity contribution in [3.63, 3.8) is 0 Å². The quantitative estimate of drug-likeness (QED) is 0.249. The van der Waals surface area contributed by atoms with E-state index >= 15 is 0 Å². The molecule has 0 atom stereocenters. The zero-order chi connectivity index (χ0) is 16.7. The minimum atomic E-state index is 0. The summed E-state index contributed by atoms with van der Waals surface area (Å²) in [5, 5.41) is 3.42. The molecule has 1 aliphatic heterocycles. The SMILES string of the molecule is CC=CCCNC(=NC)N1CCc2cc(OC)c(OC)cc2C1.I. The van der Waals surface area contributed by atoms with Crippen LogP contribution in [0.3, 0.4) is 0 Å². The molecule has 6 heteroatoms. The van der Waals surface area contributed by atoms with Gasteiger partial charge in [-0.2, -0.15) is 0 Å². The predicted octanol–water partition coefficient (Wildman–Crippen LogP) is 3.22. The Hall–Kier alpha value is -1.44. The summed E-state index contributed by atoms with van der Waals surface area (Å²) in [7, 11) is 5.19. The number of nitrogens with zero attached hydrogens (tertiary/aromatic N) is 2. The van der Waals surface area contributed by atoms with Crippen molar-refractivity contribution < 1.29 is 9.47 Å². The molecule has 0 saturated heterocycles. The molecule has 0 saturated carbocycles. The minimum absolute atomic E-state index is 0. The van der Waals surface area contributed by atoms with Gasteiger partial charge >= 0.3 is 0 Å². The predicted molar refractivity (Wildman–Crippen MR) is 110 cm³/mol. The number of allylic oxidation sites excluding steroid dienone is 1. The second-order valence-corrected chi connectivity index (χ2v) is 5.48. The summed E-state index contributed by atoms with van der Waals surface area (Å²) in [6.07, 6.45) is 6.21. The summed E-state index contributed by atoms with van der Waals surface area (Å²) in [6.45, 7) is 4.72. The Bertz CT molecular complexity index is 588. The molecule has 5 nitrogen and oxygen atoms in total. The lowest BCUT2D eigenvalue weighted by molar-refractivity contribution is 0.346. The Balaban J connectivity index is 0.00000288. The molecule has 0 bridgehead atoms. The van der Waals surface area contributed by atoms with E-state index in [0.29, 0.717) is 0 Å². The minimum Gasteiger partial charge on any atom is -0.493 e. The van der Waals surface area contributed by atoms with Gasteiger partial charge in [-0.25, -0.2) is 0 Å². The highest BCUT2D eigenvalue weighted by molar-refractivity contribution is 14.0. The number of nitrogens with one attached hydrogen (secondary N) is 1. The van der Waals surface area contributed by atoms with Crippen LogP contribution in [0.4, 0.5) is 0 Å². The van der Waals surface area contributed by atoms with E-state index in [4.69, 9.17) is 9.47 Å². The molecule has 0 radical (unpaired) electrons. The summed E-state index contributed by atoms with van der Waals surface area (Å²) in [6, 6.07) is 4.17. The van der Waals surface area contributed by atoms with Crippen LogP contribution >= 0.6 is 24.0 Å². The molecule has 0 aromatic heterocycles. The lowest BCUT2D eigenvalue weighted by Crippen LogP contribution is -2.44. The maximum absolute atomic E-state index is 5.42. The third-order valence-electron chi connectivity index (χ3n) is 4.06. The smallest absolute Gasteiger partial charge is 0.193 e. The fraction of sp³-hybridized carbons (Fsp3) is 0.500. The van der Waals surface area contributed by atoms with Crippen LogP contribution in [0.5, 0.6) is 11.5 Å². The van der Waals surface area contributed by atoms with Crippen LogP contribution in [0.25, 0.3) is 0 Å². The molecular formula is C18H28IN3O2. The first-order valence-corrected chi connectivity index (χ1v) is 8.04. The van der Waals surface area contributed by atoms with Crippen molar-refractivity contribution in [1.82, 2.24) is 10.2 Å². The van der Waals surface area contributed by atoms with Gasteiger partial charge in [-0.15, -0.1) is 24.0 Å². The summed E-state index contributed by atoms with van der Waals surface area (Å²) in [4.78, 5) is 6.69. The molecule has 0 fully saturated rings. The van der Waals surface area contributed by atoms with Crippen LogP contribution in [0.15, 0.2) is 29.3 Å². The van der Waals surface area contributed by atoms with Gasteiger partial charge in [0, 0.05) is 26.7 Å². The summed E-state index contributed by atoms with van der Waals surface area (Å²) >= 11 is 0. The van der Waals surface area contributed by atoms with E-state index in [-0.39, 0.29) is 24.0 Å². The Morgan fingerprint density at radius 3 is 2.50 bits per heavy atom. The van der Waals surface area contributed by atoms with Gasteiger partial charge < -0.3 is 19.7 Å². The maximum Gasteiger partial charge on any atom is 0.193 e. The van der Waals surface area contributed by atoms with E-state index in [0.717, 1.165) is 49.9 Å². The van der Waals surface area contributed by atoms with Crippen molar-refractivity contribution in [2.45, 2.75) is 26.3 Å². The second kappa shape index (κ2) is 10.4. The highest BCUT2D eigenvalue weighted by Gasteiger charge is 2.21. The van der Waals surface area contributed by atoms with Gasteiger partial charge in [-0.1, -0.05) is 12.2 Å². The van der Waals surface area contributed by atoms with E-state index in [2.05, 4.69) is 39.5 Å². The Morgan fingerprint density at radius 2 is 1.92 bits per heavy atom. The first kappa shape index (κ1) is 20.6. The summed E-state index contributed by atoms with van der Waals surface area (Å²) in [5.41, 5.74) is 2.59. The van der Waals surface area contributed by atoms with E-state index in [9.17, 15) is 0 Å². The standard InChI is InChI=1S/C18H27N3O2.HI/c1-5-6-7-9-20-18(19-2)21-10-8-14-11-16(22-3)17(23-4)12-15(14)13-21;/h5-6,11-12H,7-10,13H2,1-4H3,(H,19,20);1H. The molecule has 0 aliphatic carbocycles. The number of rotatable bonds is 5. The van der Waals surface area contributed by atoms with E-state index in [1.165, 1.54) is 11.1 Å². The topological polar surface area (TPSA) is 46.1 Å². The van der Waals surface area contributed by atoms with Gasteiger partial charge in [0.2, 0.25) is 0 Å². The molecule has 1 heterocycles. The molecule has 24 heavy (non-hydrogen) atoms. The number of hydrogen-bond donors (Lipinski definition) is 1. The maximum atomic E-state index is 5.42. The number of aliphatic imine (C=N–C) groups is 1. The highest BCUT2D eigenvalue weighted by atomic mass is 127. The molecular weight excluding hydrogens is 417 g/mol. The van der Waals surface area contributed by atoms with Gasteiger partial charge in [0.1, 0.15) is 0 Å². The Labute approximate surface area is 162 Å². The third-order valence-corrected chi connectivity index (χ3v) is 4.06. The van der Waals surface area contributed by atoms with Gasteiger partial charge in [-0.05, 0) is 43.0 Å². The largest absolute Gasteiger partial charge is 0.493 e. The molecule has 0 amide bonds. The van der Waals surface area contributed by atoms with Crippen molar-refractivity contribution in [3.8, 4) is 11.5 Å². The highest BCUT2D eigenvalue weighted by Crippen LogP contribution is 2.33. The van der Waals surface area contributed by atoms with Crippen molar-refractivity contribution in [3.05, 3.63) is 35.4 Å². The monoisotopic (exact) mass is 445 g/mol. The van der Waals surface area contributed by atoms with Crippen molar-refractivity contribution in [2.75, 3.05) is 34.4 Å². The molecule has 0 unspecified atom stereocenters. The van der Waals surface area contributed by atoms with Crippen LogP contribution < -0.4 is 14.8 Å². The number of fused-ring (bicyclic) bond motifs is 1. The fourth-order valence-electron chi connectivity index (χ4n) is 2.83. The van der Waals surface area contributed by atoms with E-state index in [1.807, 2.05) is 14.0 Å². The van der Waals surface area contributed by atoms with Crippen LogP contribution in [-0.4, -0.2) is 45.2 Å². The normalized spacial score (nSPS) is 14.2. The Kier molecular flexibility index (Phi) is 8.95. The average molecular weight is 445 g/mol. The molecule has 1 aliphatic rings. The average Bonchev–Trinajstić information content (AvgIpc) is 2.60. The van der Waals surface area contributed by atoms with Gasteiger partial charge in [0.05, 0.1) is 14.2 Å². The number of halogens is 1. The zero-order valence-corrected chi connectivity index (χ0v) is 17.3. The lowest BCUT2D eigenvalue weighted by Gasteiger charge is -2.32. The number of ether oxygens (including phenoxy) is 2. The van der Waals surface area contributed by atoms with E-state index < -0.39 is 0 Å². The number of guanidine groups is 1. The third kappa shape index (κ3) is 5.03. The van der Waals surface area contributed by atoms with Crippen LogP contribution in [0.2, 0.25) is 0 Å². The van der Waals surface area contributed by atoms with Crippen molar-refractivity contribution >= 4 is 29.9 Å². The van der Waals surface area contributed by atoms with Gasteiger partial charge in [0.25, 0.3) is 0 Å². The van der Waals surface area contributed by atoms with Gasteiger partial charge in [0.15, 0.2) is 17.5 Å². The first-order valence-electron chi connectivity index (χ1n) is 8.04. The molecule has 1 aromatic rings. The lowest BCUT2D eigenvalue weighted by atomic mass is 9.99. The fourth-order valence-corrected chi connectivity index (χ4v) is 2.83. The van der Waals surface area contributed by atoms with Crippen LogP contribution in [0.1, 0.15) is 24.5 Å². The second-order valence-electron chi connectivity index (χ2n) is 5.48. The van der Waals surface area contributed by atoms with E-state index in [1.54, 1.807) is 14.2 Å². The number of benzene rings is 1. The first-order chi connectivity index (χ1) is 11.2. The summed E-state index contributed by atoms with van der Waals surface area (Å²) < 4.78 is 10.8. The molecule has 1 N–H and O–H groups in total. The molecule has 2 rings (SSSR count). The van der Waals surface area contributed by atoms with Gasteiger partial charge in [-0.3, -0.25) is 4.99 Å². The summed E-state index contributed by atoms with van der Waals surface area (Å²) in [5.74, 6) is 2.53. The van der Waals surface area contributed by atoms with Crippen molar-refractivity contribution in [1.29, 1.82) is 0 Å². The Morgan fingerprint density at radius 1 is 1.25 bits per heavy atom. The zero-order valence-electron chi connectivity index (χ0n) is 15.0. The van der Waals surface area contributed by atoms with Crippen LogP contribution in [-0.2, 0) is 13.0 Å². The molecule has 134 valence electrons. The molecule has 1 aromatic carbocycles. The van der Waals surface area contributed by atoms with Crippen molar-refractivity contribution in [2.24, 2.45) is 4.99 Å². The van der Waals surface area contributed by atoms with Crippen LogP contribution in [0, 0.1) is 0 Å². The molecule has 0 spiro atoms. The number of methoxy groups -OCH3 is 2. The number of hydrogen-bond acceptors (Lipinski definition) is 3.